The Labute approximate surface area is 137 Å². The predicted molar refractivity (Wildman–Crippen MR) is 95.8 cm³/mol. The minimum Gasteiger partial charge on any atom is -0.496 e. The van der Waals surface area contributed by atoms with Crippen molar-refractivity contribution in [1.29, 1.82) is 0 Å². The van der Waals surface area contributed by atoms with Crippen LogP contribution in [0.1, 0.15) is 51.2 Å². The van der Waals surface area contributed by atoms with Crippen molar-refractivity contribution in [3.63, 3.8) is 0 Å². The van der Waals surface area contributed by atoms with Crippen LogP contribution in [0.3, 0.4) is 0 Å². The molecule has 1 atom stereocenters. The molecule has 0 radical (unpaired) electrons. The van der Waals surface area contributed by atoms with Gasteiger partial charge in [-0.3, -0.25) is 4.90 Å². The Morgan fingerprint density at radius 2 is 1.77 bits per heavy atom. The van der Waals surface area contributed by atoms with Crippen LogP contribution in [0.15, 0.2) is 18.2 Å². The fourth-order valence-electron chi connectivity index (χ4n) is 2.75. The molecule has 2 rings (SSSR count). The highest BCUT2D eigenvalue weighted by Gasteiger charge is 2.15. The van der Waals surface area contributed by atoms with Crippen molar-refractivity contribution in [1.82, 2.24) is 9.80 Å². The first-order chi connectivity index (χ1) is 10.6. The maximum Gasteiger partial charge on any atom is 0.122 e. The molecule has 0 amide bonds. The van der Waals surface area contributed by atoms with Crippen LogP contribution in [0.2, 0.25) is 0 Å². The lowest BCUT2D eigenvalue weighted by atomic mass is 9.96. The fourth-order valence-corrected chi connectivity index (χ4v) is 2.75. The number of hydrogen-bond acceptors (Lipinski definition) is 3. The van der Waals surface area contributed by atoms with E-state index in [0.29, 0.717) is 5.92 Å². The Kier molecular flexibility index (Phi) is 8.51. The number of nitrogens with zero attached hydrogens (tertiary/aromatic N) is 2. The quantitative estimate of drug-likeness (QED) is 0.818. The second-order valence-electron chi connectivity index (χ2n) is 5.97. The Bertz CT molecular complexity index is 425. The number of hydrogen-bond donors (Lipinski definition) is 0. The minimum atomic E-state index is 0.558. The third-order valence-electron chi connectivity index (χ3n) is 4.44. The number of rotatable bonds is 5. The summed E-state index contributed by atoms with van der Waals surface area (Å²) in [5.74, 6) is 1.61. The maximum atomic E-state index is 5.59. The topological polar surface area (TPSA) is 15.7 Å². The van der Waals surface area contributed by atoms with E-state index in [1.807, 2.05) is 13.8 Å². The smallest absolute Gasteiger partial charge is 0.122 e. The van der Waals surface area contributed by atoms with Crippen LogP contribution >= 0.6 is 0 Å². The van der Waals surface area contributed by atoms with E-state index in [-0.39, 0.29) is 0 Å². The third-order valence-corrected chi connectivity index (χ3v) is 4.44. The van der Waals surface area contributed by atoms with Crippen LogP contribution in [0.5, 0.6) is 5.75 Å². The number of benzene rings is 1. The second-order valence-corrected chi connectivity index (χ2v) is 5.97. The average Bonchev–Trinajstić information content (AvgIpc) is 2.58. The normalized spacial score (nSPS) is 17.5. The molecule has 22 heavy (non-hydrogen) atoms. The Hall–Kier alpha value is -1.06. The largest absolute Gasteiger partial charge is 0.496 e. The summed E-state index contributed by atoms with van der Waals surface area (Å²) in [5, 5.41) is 0. The van der Waals surface area contributed by atoms with Crippen molar-refractivity contribution < 1.29 is 4.74 Å². The van der Waals surface area contributed by atoms with Gasteiger partial charge in [-0.25, -0.2) is 0 Å². The van der Waals surface area contributed by atoms with Gasteiger partial charge in [-0.15, -0.1) is 0 Å². The SMILES string of the molecule is CC.CCC(C)c1ccc(CN2CCN(C)CC2)cc1OC. The third kappa shape index (κ3) is 5.29. The van der Waals surface area contributed by atoms with Crippen LogP contribution < -0.4 is 4.74 Å². The van der Waals surface area contributed by atoms with Crippen molar-refractivity contribution in [3.8, 4) is 5.75 Å². The number of likely N-dealkylation sites (N-methyl/N-ethyl adjacent to an activating group) is 1. The minimum absolute atomic E-state index is 0.558. The first-order valence-electron chi connectivity index (χ1n) is 8.71. The molecule has 1 unspecified atom stereocenters. The molecule has 1 aliphatic heterocycles. The molecular weight excluding hydrogens is 272 g/mol. The van der Waals surface area contributed by atoms with Gasteiger partial charge in [-0.1, -0.05) is 39.8 Å². The molecule has 1 heterocycles. The van der Waals surface area contributed by atoms with Gasteiger partial charge in [0.25, 0.3) is 0 Å². The zero-order valence-corrected chi connectivity index (χ0v) is 15.4. The Morgan fingerprint density at radius 3 is 2.32 bits per heavy atom. The predicted octanol–water partition coefficient (Wildman–Crippen LogP) is 3.98. The molecule has 3 nitrogen and oxygen atoms in total. The van der Waals surface area contributed by atoms with Crippen LogP contribution in [0, 0.1) is 0 Å². The molecule has 1 fully saturated rings. The fraction of sp³-hybridized carbons (Fsp3) is 0.684. The molecule has 3 heteroatoms. The molecule has 0 aliphatic carbocycles. The number of ether oxygens (including phenoxy) is 1. The van der Waals surface area contributed by atoms with Gasteiger partial charge in [0, 0.05) is 32.7 Å². The summed E-state index contributed by atoms with van der Waals surface area (Å²) >= 11 is 0. The van der Waals surface area contributed by atoms with Crippen molar-refractivity contribution in [2.24, 2.45) is 0 Å². The van der Waals surface area contributed by atoms with E-state index in [0.717, 1.165) is 31.8 Å². The van der Waals surface area contributed by atoms with E-state index in [1.165, 1.54) is 24.2 Å². The molecule has 0 spiro atoms. The average molecular weight is 306 g/mol. The van der Waals surface area contributed by atoms with Crippen molar-refractivity contribution >= 4 is 0 Å². The monoisotopic (exact) mass is 306 g/mol. The van der Waals surface area contributed by atoms with Crippen LogP contribution in [0.25, 0.3) is 0 Å². The molecular formula is C19H34N2O. The zero-order chi connectivity index (χ0) is 16.5. The molecule has 0 N–H and O–H groups in total. The molecule has 1 aliphatic rings. The summed E-state index contributed by atoms with van der Waals surface area (Å²) in [4.78, 5) is 4.92. The first kappa shape index (κ1) is 19.0. The van der Waals surface area contributed by atoms with Crippen molar-refractivity contribution in [2.75, 3.05) is 40.3 Å². The van der Waals surface area contributed by atoms with Gasteiger partial charge < -0.3 is 9.64 Å². The number of piperazine rings is 1. The van der Waals surface area contributed by atoms with E-state index in [1.54, 1.807) is 7.11 Å². The number of methoxy groups -OCH3 is 1. The summed E-state index contributed by atoms with van der Waals surface area (Å²) in [7, 11) is 3.97. The van der Waals surface area contributed by atoms with E-state index in [2.05, 4.69) is 48.9 Å². The van der Waals surface area contributed by atoms with Crippen molar-refractivity contribution in [3.05, 3.63) is 29.3 Å². The van der Waals surface area contributed by atoms with E-state index >= 15 is 0 Å². The molecule has 0 saturated carbocycles. The van der Waals surface area contributed by atoms with E-state index in [4.69, 9.17) is 4.74 Å². The molecule has 0 aromatic heterocycles. The molecule has 126 valence electrons. The van der Waals surface area contributed by atoms with Gasteiger partial charge in [0.05, 0.1) is 7.11 Å². The molecule has 1 aromatic carbocycles. The van der Waals surface area contributed by atoms with Crippen LogP contribution in [-0.2, 0) is 6.54 Å². The Balaban J connectivity index is 0.00000116. The van der Waals surface area contributed by atoms with E-state index < -0.39 is 0 Å². The summed E-state index contributed by atoms with van der Waals surface area (Å²) in [6.07, 6.45) is 1.15. The molecule has 0 bridgehead atoms. The molecule has 1 aromatic rings. The summed E-state index contributed by atoms with van der Waals surface area (Å²) < 4.78 is 5.59. The van der Waals surface area contributed by atoms with Gasteiger partial charge in [0.2, 0.25) is 0 Å². The van der Waals surface area contributed by atoms with Gasteiger partial charge in [0.15, 0.2) is 0 Å². The second kappa shape index (κ2) is 9.86. The van der Waals surface area contributed by atoms with Crippen LogP contribution in [-0.4, -0.2) is 50.1 Å². The summed E-state index contributed by atoms with van der Waals surface area (Å²) in [6, 6.07) is 6.74. The lowest BCUT2D eigenvalue weighted by Crippen LogP contribution is -2.43. The van der Waals surface area contributed by atoms with Gasteiger partial charge in [0.1, 0.15) is 5.75 Å². The summed E-state index contributed by atoms with van der Waals surface area (Å²) in [5.41, 5.74) is 2.69. The van der Waals surface area contributed by atoms with Gasteiger partial charge in [-0.2, -0.15) is 0 Å². The van der Waals surface area contributed by atoms with E-state index in [9.17, 15) is 0 Å². The van der Waals surface area contributed by atoms with Gasteiger partial charge in [-0.05, 0) is 36.6 Å². The van der Waals surface area contributed by atoms with Crippen LogP contribution in [0.4, 0.5) is 0 Å². The highest BCUT2D eigenvalue weighted by Crippen LogP contribution is 2.29. The van der Waals surface area contributed by atoms with Gasteiger partial charge >= 0.3 is 0 Å². The highest BCUT2D eigenvalue weighted by atomic mass is 16.5. The zero-order valence-electron chi connectivity index (χ0n) is 15.4. The lowest BCUT2D eigenvalue weighted by molar-refractivity contribution is 0.148. The molecule has 1 saturated heterocycles. The standard InChI is InChI=1S/C17H28N2O.C2H6/c1-5-14(2)16-7-6-15(12-17(16)20-4)13-19-10-8-18(3)9-11-19;1-2/h6-7,12,14H,5,8-11,13H2,1-4H3;1-2H3. The first-order valence-corrected chi connectivity index (χ1v) is 8.71. The Morgan fingerprint density at radius 1 is 1.14 bits per heavy atom. The van der Waals surface area contributed by atoms with Crippen molar-refractivity contribution in [2.45, 2.75) is 46.6 Å². The highest BCUT2D eigenvalue weighted by molar-refractivity contribution is 5.39. The maximum absolute atomic E-state index is 5.59. The summed E-state index contributed by atoms with van der Waals surface area (Å²) in [6.45, 7) is 14.2. The lowest BCUT2D eigenvalue weighted by Gasteiger charge is -2.32.